The van der Waals surface area contributed by atoms with Crippen molar-refractivity contribution in [2.75, 3.05) is 30.4 Å². The Bertz CT molecular complexity index is 931. The Hall–Kier alpha value is -2.25. The number of nitrogens with one attached hydrogen (secondary N) is 1. The van der Waals surface area contributed by atoms with Crippen LogP contribution >= 0.6 is 22.9 Å². The molecule has 1 aliphatic rings. The number of rotatable bonds is 4. The quantitative estimate of drug-likeness (QED) is 0.723. The van der Waals surface area contributed by atoms with E-state index in [1.807, 2.05) is 34.2 Å². The van der Waals surface area contributed by atoms with Crippen molar-refractivity contribution in [1.82, 2.24) is 14.3 Å². The molecular weight excluding hydrogens is 370 g/mol. The van der Waals surface area contributed by atoms with Gasteiger partial charge in [0.1, 0.15) is 0 Å². The van der Waals surface area contributed by atoms with Crippen LogP contribution in [0.15, 0.2) is 35.8 Å². The van der Waals surface area contributed by atoms with Gasteiger partial charge in [-0.2, -0.15) is 0 Å². The highest BCUT2D eigenvalue weighted by molar-refractivity contribution is 7.15. The van der Waals surface area contributed by atoms with Crippen LogP contribution in [0.4, 0.5) is 16.2 Å². The molecule has 0 aliphatic carbocycles. The minimum atomic E-state index is -0.169. The number of carbonyl (C=O) groups is 1. The van der Waals surface area contributed by atoms with Gasteiger partial charge >= 0.3 is 6.03 Å². The van der Waals surface area contributed by atoms with Crippen LogP contribution in [0.2, 0.25) is 5.15 Å². The van der Waals surface area contributed by atoms with Gasteiger partial charge in [0.15, 0.2) is 10.1 Å². The summed E-state index contributed by atoms with van der Waals surface area (Å²) in [6, 6.07) is 7.79. The van der Waals surface area contributed by atoms with E-state index in [9.17, 15) is 4.79 Å². The number of fused-ring (bicyclic) bond motifs is 1. The predicted molar refractivity (Wildman–Crippen MR) is 106 cm³/mol. The van der Waals surface area contributed by atoms with Crippen molar-refractivity contribution in [3.05, 3.63) is 46.7 Å². The van der Waals surface area contributed by atoms with Gasteiger partial charge in [-0.15, -0.1) is 11.3 Å². The molecule has 8 heteroatoms. The van der Waals surface area contributed by atoms with Crippen molar-refractivity contribution in [3.8, 4) is 0 Å². The fourth-order valence-corrected chi connectivity index (χ4v) is 4.28. The summed E-state index contributed by atoms with van der Waals surface area (Å²) in [4.78, 5) is 21.8. The van der Waals surface area contributed by atoms with Crippen LogP contribution in [-0.2, 0) is 6.54 Å². The summed E-state index contributed by atoms with van der Waals surface area (Å²) in [7, 11) is 1.76. The van der Waals surface area contributed by atoms with E-state index in [2.05, 4.69) is 21.3 Å². The second-order valence-electron chi connectivity index (χ2n) is 6.40. The van der Waals surface area contributed by atoms with Crippen LogP contribution < -0.4 is 10.2 Å². The third-order valence-electron chi connectivity index (χ3n) is 4.64. The molecule has 0 saturated carbocycles. The zero-order valence-corrected chi connectivity index (χ0v) is 16.1. The third-order valence-corrected chi connectivity index (χ3v) is 5.70. The van der Waals surface area contributed by atoms with Crippen LogP contribution in [0.5, 0.6) is 0 Å². The summed E-state index contributed by atoms with van der Waals surface area (Å²) >= 11 is 7.76. The van der Waals surface area contributed by atoms with E-state index < -0.39 is 0 Å². The largest absolute Gasteiger partial charge is 0.370 e. The summed E-state index contributed by atoms with van der Waals surface area (Å²) in [5.41, 5.74) is 2.73. The van der Waals surface area contributed by atoms with E-state index in [1.54, 1.807) is 11.9 Å². The molecule has 3 heterocycles. The minimum absolute atomic E-state index is 0.169. The number of nitrogens with zero attached hydrogens (tertiary/aromatic N) is 4. The van der Waals surface area contributed by atoms with Crippen molar-refractivity contribution in [2.45, 2.75) is 19.4 Å². The summed E-state index contributed by atoms with van der Waals surface area (Å²) in [6.07, 6.45) is 4.31. The SMILES string of the molecule is CN(Cc1c(Cl)nc2sccn12)C(=O)Nc1ccccc1N1CCCC1. The molecule has 1 saturated heterocycles. The smallest absolute Gasteiger partial charge is 0.321 e. The van der Waals surface area contributed by atoms with E-state index in [1.165, 1.54) is 24.2 Å². The topological polar surface area (TPSA) is 52.9 Å². The lowest BCUT2D eigenvalue weighted by molar-refractivity contribution is 0.220. The molecular formula is C18H20ClN5OS. The highest BCUT2D eigenvalue weighted by Crippen LogP contribution is 2.29. The van der Waals surface area contributed by atoms with E-state index in [0.717, 1.165) is 35.1 Å². The molecule has 1 N–H and O–H groups in total. The highest BCUT2D eigenvalue weighted by atomic mass is 35.5. The van der Waals surface area contributed by atoms with Gasteiger partial charge in [-0.3, -0.25) is 4.40 Å². The van der Waals surface area contributed by atoms with Crippen molar-refractivity contribution >= 4 is 45.3 Å². The van der Waals surface area contributed by atoms with Gasteiger partial charge in [-0.1, -0.05) is 23.7 Å². The van der Waals surface area contributed by atoms with E-state index >= 15 is 0 Å². The molecule has 0 bridgehead atoms. The molecule has 26 heavy (non-hydrogen) atoms. The van der Waals surface area contributed by atoms with Crippen molar-refractivity contribution in [1.29, 1.82) is 0 Å². The van der Waals surface area contributed by atoms with Crippen LogP contribution in [-0.4, -0.2) is 40.5 Å². The Balaban J connectivity index is 1.50. The first-order valence-electron chi connectivity index (χ1n) is 8.59. The van der Waals surface area contributed by atoms with E-state index in [4.69, 9.17) is 11.6 Å². The first kappa shape index (κ1) is 17.2. The molecule has 2 aromatic heterocycles. The number of para-hydroxylation sites is 2. The molecule has 136 valence electrons. The molecule has 1 aliphatic heterocycles. The number of halogens is 1. The van der Waals surface area contributed by atoms with Gasteiger partial charge in [0, 0.05) is 31.7 Å². The molecule has 3 aromatic rings. The fourth-order valence-electron chi connectivity index (χ4n) is 3.27. The van der Waals surface area contributed by atoms with E-state index in [0.29, 0.717) is 11.7 Å². The van der Waals surface area contributed by atoms with Crippen LogP contribution in [0.3, 0.4) is 0 Å². The maximum atomic E-state index is 12.7. The predicted octanol–water partition coefficient (Wildman–Crippen LogP) is 4.31. The average molecular weight is 390 g/mol. The van der Waals surface area contributed by atoms with Gasteiger partial charge in [-0.05, 0) is 25.0 Å². The Kier molecular flexibility index (Phi) is 4.74. The molecule has 6 nitrogen and oxygen atoms in total. The Morgan fingerprint density at radius 3 is 2.92 bits per heavy atom. The summed E-state index contributed by atoms with van der Waals surface area (Å²) in [6.45, 7) is 2.45. The van der Waals surface area contributed by atoms with Gasteiger partial charge in [0.2, 0.25) is 0 Å². The number of thiazole rings is 1. The number of urea groups is 1. The standard InChI is InChI=1S/C18H20ClN5OS/c1-22(12-15-16(19)21-18-24(15)10-11-26-18)17(25)20-13-6-2-3-7-14(13)23-8-4-5-9-23/h2-3,6-7,10-11H,4-5,8-9,12H2,1H3,(H,20,25). The average Bonchev–Trinajstić information content (AvgIpc) is 3.35. The van der Waals surface area contributed by atoms with Crippen molar-refractivity contribution < 1.29 is 4.79 Å². The lowest BCUT2D eigenvalue weighted by Gasteiger charge is -2.23. The summed E-state index contributed by atoms with van der Waals surface area (Å²) in [5, 5.41) is 5.43. The molecule has 2 amide bonds. The monoisotopic (exact) mass is 389 g/mol. The van der Waals surface area contributed by atoms with E-state index in [-0.39, 0.29) is 6.03 Å². The zero-order chi connectivity index (χ0) is 18.1. The number of carbonyl (C=O) groups excluding carboxylic acids is 1. The highest BCUT2D eigenvalue weighted by Gasteiger charge is 2.19. The number of hydrogen-bond donors (Lipinski definition) is 1. The number of imidazole rings is 1. The normalized spacial score (nSPS) is 14.2. The number of aromatic nitrogens is 2. The van der Waals surface area contributed by atoms with Gasteiger partial charge in [-0.25, -0.2) is 9.78 Å². The van der Waals surface area contributed by atoms with Gasteiger partial charge < -0.3 is 15.1 Å². The first-order chi connectivity index (χ1) is 12.6. The van der Waals surface area contributed by atoms with Gasteiger partial charge in [0.05, 0.1) is 23.6 Å². The summed E-state index contributed by atoms with van der Waals surface area (Å²) in [5.74, 6) is 0. The Labute approximate surface area is 161 Å². The molecule has 0 unspecified atom stereocenters. The van der Waals surface area contributed by atoms with Gasteiger partial charge in [0.25, 0.3) is 0 Å². The second kappa shape index (κ2) is 7.17. The van der Waals surface area contributed by atoms with Crippen LogP contribution in [0.25, 0.3) is 4.96 Å². The van der Waals surface area contributed by atoms with Crippen molar-refractivity contribution in [2.24, 2.45) is 0 Å². The fraction of sp³-hybridized carbons (Fsp3) is 0.333. The molecule has 1 fully saturated rings. The Morgan fingerprint density at radius 1 is 1.35 bits per heavy atom. The van der Waals surface area contributed by atoms with Crippen LogP contribution in [0.1, 0.15) is 18.5 Å². The minimum Gasteiger partial charge on any atom is -0.370 e. The molecule has 4 rings (SSSR count). The maximum absolute atomic E-state index is 12.7. The number of benzene rings is 1. The molecule has 0 atom stereocenters. The Morgan fingerprint density at radius 2 is 2.12 bits per heavy atom. The number of amides is 2. The first-order valence-corrected chi connectivity index (χ1v) is 9.85. The van der Waals surface area contributed by atoms with Crippen LogP contribution in [0, 0.1) is 0 Å². The number of hydrogen-bond acceptors (Lipinski definition) is 4. The maximum Gasteiger partial charge on any atom is 0.321 e. The van der Waals surface area contributed by atoms with Crippen molar-refractivity contribution in [3.63, 3.8) is 0 Å². The molecule has 0 spiro atoms. The lowest BCUT2D eigenvalue weighted by Crippen LogP contribution is -2.32. The molecule has 1 aromatic carbocycles. The zero-order valence-electron chi connectivity index (χ0n) is 14.5. The summed E-state index contributed by atoms with van der Waals surface area (Å²) < 4.78 is 1.93. The third kappa shape index (κ3) is 3.24. The number of anilines is 2. The second-order valence-corrected chi connectivity index (χ2v) is 7.63. The molecule has 0 radical (unpaired) electrons. The lowest BCUT2D eigenvalue weighted by atomic mass is 10.2.